The second-order valence-corrected chi connectivity index (χ2v) is 5.23. The Hall–Kier alpha value is -1.63. The molecule has 6 nitrogen and oxygen atoms in total. The predicted octanol–water partition coefficient (Wildman–Crippen LogP) is 0.650. The van der Waals surface area contributed by atoms with Crippen molar-refractivity contribution in [2.45, 2.75) is 6.04 Å². The molecule has 0 aliphatic heterocycles. The molecule has 0 radical (unpaired) electrons. The minimum Gasteiger partial charge on any atom is -0.497 e. The molecule has 0 heterocycles. The third-order valence-electron chi connectivity index (χ3n) is 3.36. The van der Waals surface area contributed by atoms with Gasteiger partial charge in [-0.1, -0.05) is 12.1 Å². The summed E-state index contributed by atoms with van der Waals surface area (Å²) in [6.45, 7) is 2.10. The average molecular weight is 309 g/mol. The zero-order chi connectivity index (χ0) is 16.4. The third-order valence-corrected chi connectivity index (χ3v) is 3.36. The fourth-order valence-corrected chi connectivity index (χ4v) is 2.10. The van der Waals surface area contributed by atoms with Crippen molar-refractivity contribution in [2.24, 2.45) is 0 Å². The van der Waals surface area contributed by atoms with Crippen LogP contribution in [0.2, 0.25) is 0 Å². The van der Waals surface area contributed by atoms with E-state index >= 15 is 0 Å². The Bertz CT molecular complexity index is 452. The monoisotopic (exact) mass is 309 g/mol. The topological polar surface area (TPSA) is 62.8 Å². The highest BCUT2D eigenvalue weighted by Gasteiger charge is 2.15. The summed E-state index contributed by atoms with van der Waals surface area (Å²) >= 11 is 0. The Morgan fingerprint density at radius 1 is 1.32 bits per heavy atom. The molecular formula is C16H27N3O3. The standard InChI is InChI=1S/C16H27N3O3/c1-19(2)15(13-6-5-7-14(10-13)22-4)11-18-16(20)12-17-8-9-21-3/h5-7,10,15,17H,8-9,11-12H2,1-4H3,(H,18,20). The van der Waals surface area contributed by atoms with Crippen LogP contribution in [0.3, 0.4) is 0 Å². The number of nitrogens with zero attached hydrogens (tertiary/aromatic N) is 1. The molecule has 0 aromatic heterocycles. The van der Waals surface area contributed by atoms with E-state index < -0.39 is 0 Å². The summed E-state index contributed by atoms with van der Waals surface area (Å²) < 4.78 is 10.2. The number of amides is 1. The largest absolute Gasteiger partial charge is 0.497 e. The quantitative estimate of drug-likeness (QED) is 0.621. The second-order valence-electron chi connectivity index (χ2n) is 5.23. The van der Waals surface area contributed by atoms with Crippen molar-refractivity contribution in [1.82, 2.24) is 15.5 Å². The van der Waals surface area contributed by atoms with Gasteiger partial charge in [0.15, 0.2) is 0 Å². The van der Waals surface area contributed by atoms with Crippen molar-refractivity contribution in [3.8, 4) is 5.75 Å². The van der Waals surface area contributed by atoms with Crippen molar-refractivity contribution < 1.29 is 14.3 Å². The lowest BCUT2D eigenvalue weighted by Crippen LogP contribution is -2.39. The van der Waals surface area contributed by atoms with Crippen molar-refractivity contribution in [2.75, 3.05) is 54.6 Å². The van der Waals surface area contributed by atoms with Crippen LogP contribution in [-0.2, 0) is 9.53 Å². The summed E-state index contributed by atoms with van der Waals surface area (Å²) in [7, 11) is 7.27. The molecule has 0 bridgehead atoms. The van der Waals surface area contributed by atoms with Gasteiger partial charge in [0.1, 0.15) is 5.75 Å². The van der Waals surface area contributed by atoms with Crippen LogP contribution in [0.1, 0.15) is 11.6 Å². The highest BCUT2D eigenvalue weighted by atomic mass is 16.5. The van der Waals surface area contributed by atoms with Crippen molar-refractivity contribution in [1.29, 1.82) is 0 Å². The van der Waals surface area contributed by atoms with Crippen LogP contribution in [0.15, 0.2) is 24.3 Å². The van der Waals surface area contributed by atoms with Crippen molar-refractivity contribution in [3.05, 3.63) is 29.8 Å². The number of methoxy groups -OCH3 is 2. The van der Waals surface area contributed by atoms with Gasteiger partial charge in [-0.05, 0) is 31.8 Å². The van der Waals surface area contributed by atoms with E-state index in [1.165, 1.54) is 0 Å². The van der Waals surface area contributed by atoms with Gasteiger partial charge in [-0.2, -0.15) is 0 Å². The summed E-state index contributed by atoms with van der Waals surface area (Å²) in [5.41, 5.74) is 1.11. The lowest BCUT2D eigenvalue weighted by molar-refractivity contribution is -0.120. The van der Waals surface area contributed by atoms with Crippen LogP contribution in [0.25, 0.3) is 0 Å². The molecule has 124 valence electrons. The molecule has 6 heteroatoms. The van der Waals surface area contributed by atoms with E-state index in [9.17, 15) is 4.79 Å². The molecule has 1 atom stereocenters. The molecule has 1 unspecified atom stereocenters. The zero-order valence-corrected chi connectivity index (χ0v) is 13.9. The van der Waals surface area contributed by atoms with Gasteiger partial charge >= 0.3 is 0 Å². The number of rotatable bonds is 10. The Labute approximate surface area is 132 Å². The van der Waals surface area contributed by atoms with Crippen LogP contribution >= 0.6 is 0 Å². The lowest BCUT2D eigenvalue weighted by Gasteiger charge is -2.25. The zero-order valence-electron chi connectivity index (χ0n) is 13.9. The fourth-order valence-electron chi connectivity index (χ4n) is 2.10. The minimum absolute atomic E-state index is 0.0224. The molecule has 0 saturated heterocycles. The first-order valence-electron chi connectivity index (χ1n) is 7.35. The normalized spacial score (nSPS) is 12.2. The number of nitrogens with one attached hydrogen (secondary N) is 2. The van der Waals surface area contributed by atoms with Gasteiger partial charge in [0.2, 0.25) is 5.91 Å². The van der Waals surface area contributed by atoms with E-state index in [-0.39, 0.29) is 11.9 Å². The smallest absolute Gasteiger partial charge is 0.234 e. The summed E-state index contributed by atoms with van der Waals surface area (Å²) in [6.07, 6.45) is 0. The average Bonchev–Trinajstić information content (AvgIpc) is 2.51. The first kappa shape index (κ1) is 18.4. The Kier molecular flexibility index (Phi) is 8.50. The van der Waals surface area contributed by atoms with Crippen LogP contribution in [0.4, 0.5) is 0 Å². The van der Waals surface area contributed by atoms with E-state index in [0.29, 0.717) is 26.2 Å². The number of ether oxygens (including phenoxy) is 2. The summed E-state index contributed by atoms with van der Waals surface area (Å²) in [4.78, 5) is 13.9. The highest BCUT2D eigenvalue weighted by molar-refractivity contribution is 5.78. The molecular weight excluding hydrogens is 282 g/mol. The molecule has 1 amide bonds. The van der Waals surface area contributed by atoms with E-state index in [1.807, 2.05) is 38.4 Å². The van der Waals surface area contributed by atoms with Crippen LogP contribution < -0.4 is 15.4 Å². The summed E-state index contributed by atoms with van der Waals surface area (Å²) in [5.74, 6) is 0.794. The van der Waals surface area contributed by atoms with E-state index in [2.05, 4.69) is 15.5 Å². The maximum Gasteiger partial charge on any atom is 0.234 e. The molecule has 1 aromatic carbocycles. The predicted molar refractivity (Wildman–Crippen MR) is 87.2 cm³/mol. The maximum absolute atomic E-state index is 11.8. The van der Waals surface area contributed by atoms with Gasteiger partial charge in [-0.15, -0.1) is 0 Å². The van der Waals surface area contributed by atoms with Crippen LogP contribution in [0.5, 0.6) is 5.75 Å². The Morgan fingerprint density at radius 3 is 2.73 bits per heavy atom. The number of likely N-dealkylation sites (N-methyl/N-ethyl adjacent to an activating group) is 1. The molecule has 1 aromatic rings. The van der Waals surface area contributed by atoms with Gasteiger partial charge in [0.05, 0.1) is 26.3 Å². The maximum atomic E-state index is 11.8. The van der Waals surface area contributed by atoms with E-state index in [0.717, 1.165) is 11.3 Å². The molecule has 0 saturated carbocycles. The number of carbonyl (C=O) groups is 1. The first-order valence-corrected chi connectivity index (χ1v) is 7.35. The first-order chi connectivity index (χ1) is 10.6. The molecule has 0 aliphatic carbocycles. The molecule has 0 fully saturated rings. The summed E-state index contributed by atoms with van der Waals surface area (Å²) in [6, 6.07) is 8.00. The fraction of sp³-hybridized carbons (Fsp3) is 0.562. The second kappa shape index (κ2) is 10.2. The molecule has 22 heavy (non-hydrogen) atoms. The Morgan fingerprint density at radius 2 is 2.09 bits per heavy atom. The van der Waals surface area contributed by atoms with Crippen molar-refractivity contribution in [3.63, 3.8) is 0 Å². The molecule has 1 rings (SSSR count). The Balaban J connectivity index is 2.52. The van der Waals surface area contributed by atoms with Crippen LogP contribution in [0, 0.1) is 0 Å². The van der Waals surface area contributed by atoms with Gasteiger partial charge < -0.3 is 25.0 Å². The summed E-state index contributed by atoms with van der Waals surface area (Å²) in [5, 5.41) is 5.98. The molecule has 0 aliphatic rings. The number of hydrogen-bond donors (Lipinski definition) is 2. The van der Waals surface area contributed by atoms with Gasteiger partial charge in [-0.3, -0.25) is 4.79 Å². The number of benzene rings is 1. The molecule has 0 spiro atoms. The third kappa shape index (κ3) is 6.43. The highest BCUT2D eigenvalue weighted by Crippen LogP contribution is 2.21. The molecule has 2 N–H and O–H groups in total. The lowest BCUT2D eigenvalue weighted by atomic mass is 10.1. The SMILES string of the molecule is COCCNCC(=O)NCC(c1cccc(OC)c1)N(C)C. The van der Waals surface area contributed by atoms with Crippen molar-refractivity contribution >= 4 is 5.91 Å². The number of hydrogen-bond acceptors (Lipinski definition) is 5. The minimum atomic E-state index is -0.0224. The van der Waals surface area contributed by atoms with Gasteiger partial charge in [0.25, 0.3) is 0 Å². The van der Waals surface area contributed by atoms with E-state index in [4.69, 9.17) is 9.47 Å². The van der Waals surface area contributed by atoms with Gasteiger partial charge in [-0.25, -0.2) is 0 Å². The van der Waals surface area contributed by atoms with Gasteiger partial charge in [0, 0.05) is 20.2 Å². The van der Waals surface area contributed by atoms with E-state index in [1.54, 1.807) is 14.2 Å². The van der Waals surface area contributed by atoms with Crippen LogP contribution in [-0.4, -0.2) is 65.4 Å². The number of carbonyl (C=O) groups excluding carboxylic acids is 1.